The summed E-state index contributed by atoms with van der Waals surface area (Å²) in [6.45, 7) is 0. The normalized spacial score (nSPS) is 11.8. The number of benzene rings is 5. The zero-order chi connectivity index (χ0) is 28.8. The fourth-order valence-corrected chi connectivity index (χ4v) is 7.75. The number of nitrogens with zero attached hydrogens (tertiary/aromatic N) is 4. The maximum Gasteiger partial charge on any atom is 2.00 e. The van der Waals surface area contributed by atoms with Crippen molar-refractivity contribution < 1.29 is 25.8 Å². The summed E-state index contributed by atoms with van der Waals surface area (Å²) in [5.41, 5.74) is 4.02. The Morgan fingerprint density at radius 1 is 0.622 bits per heavy atom. The van der Waals surface area contributed by atoms with Crippen LogP contribution < -0.4 is 4.74 Å². The van der Waals surface area contributed by atoms with Crippen LogP contribution in [0.1, 0.15) is 0 Å². The molecule has 0 amide bonds. The van der Waals surface area contributed by atoms with Crippen molar-refractivity contribution in [3.05, 3.63) is 134 Å². The summed E-state index contributed by atoms with van der Waals surface area (Å²) in [6, 6.07) is 42.7. The molecule has 0 radical (unpaired) electrons. The molecule has 7 heteroatoms. The van der Waals surface area contributed by atoms with Gasteiger partial charge in [-0.3, -0.25) is 4.98 Å². The Kier molecular flexibility index (Phi) is 5.86. The Bertz CT molecular complexity index is 2760. The molecule has 5 aromatic heterocycles. The maximum atomic E-state index is 6.45. The summed E-state index contributed by atoms with van der Waals surface area (Å²) in [7, 11) is 0. The summed E-state index contributed by atoms with van der Waals surface area (Å²) < 4.78 is 13.3. The van der Waals surface area contributed by atoms with Crippen LogP contribution in [0.5, 0.6) is 11.5 Å². The van der Waals surface area contributed by atoms with Gasteiger partial charge >= 0.3 is 21.1 Å². The Morgan fingerprint density at radius 2 is 1.40 bits per heavy atom. The average molecular weight is 776 g/mol. The standard InChI is InChI=1S/C38H20N4OS.Pt/c1-3-9-31-26(7-1)27-15-13-24(22-32(27)42(31)35-11-5-6-18-39-35)43-23-12-14-25-28-16-17-34-36(29-8-2-4-10-33(29)44-34)37(28)41-20-19-40-38(41)30(25)21-23;/h1-20H;/q-2;+2. The van der Waals surface area contributed by atoms with Gasteiger partial charge in [0, 0.05) is 61.3 Å². The van der Waals surface area contributed by atoms with Crippen molar-refractivity contribution in [2.75, 3.05) is 0 Å². The molecule has 0 saturated carbocycles. The molecule has 214 valence electrons. The summed E-state index contributed by atoms with van der Waals surface area (Å²) in [5, 5.41) is 7.95. The van der Waals surface area contributed by atoms with Crippen molar-refractivity contribution in [1.82, 2.24) is 18.9 Å². The smallest absolute Gasteiger partial charge is 0.503 e. The number of aromatic nitrogens is 4. The average Bonchev–Trinajstić information content (AvgIpc) is 3.79. The largest absolute Gasteiger partial charge is 2.00 e. The van der Waals surface area contributed by atoms with Gasteiger partial charge in [-0.1, -0.05) is 70.9 Å². The molecule has 0 aliphatic heterocycles. The maximum absolute atomic E-state index is 6.45. The van der Waals surface area contributed by atoms with Crippen molar-refractivity contribution >= 4 is 80.6 Å². The van der Waals surface area contributed by atoms with Gasteiger partial charge in [-0.25, -0.2) is 4.98 Å². The number of rotatable bonds is 3. The SMILES string of the molecule is [Pt+2].[c-]1c(Oc2[c-]c3c(cc2)c2ccccc2n3-c2ccccn2)ccc2c1c1nccn1c1c2ccc2sc3ccccc3c21. The van der Waals surface area contributed by atoms with Gasteiger partial charge < -0.3 is 13.7 Å². The fourth-order valence-electron chi connectivity index (χ4n) is 6.65. The van der Waals surface area contributed by atoms with E-state index in [0.717, 1.165) is 49.4 Å². The van der Waals surface area contributed by atoms with Gasteiger partial charge in [0.2, 0.25) is 0 Å². The second-order valence-electron chi connectivity index (χ2n) is 10.9. The van der Waals surface area contributed by atoms with Gasteiger partial charge in [-0.05, 0) is 41.1 Å². The zero-order valence-corrected chi connectivity index (χ0v) is 26.6. The fraction of sp³-hybridized carbons (Fsp3) is 0. The molecule has 0 spiro atoms. The first kappa shape index (κ1) is 26.4. The zero-order valence-electron chi connectivity index (χ0n) is 23.5. The molecule has 10 aromatic rings. The second-order valence-corrected chi connectivity index (χ2v) is 12.0. The van der Waals surface area contributed by atoms with E-state index in [4.69, 9.17) is 9.72 Å². The van der Waals surface area contributed by atoms with E-state index in [0.29, 0.717) is 11.5 Å². The first-order valence-electron chi connectivity index (χ1n) is 14.4. The van der Waals surface area contributed by atoms with Gasteiger partial charge in [0.1, 0.15) is 5.82 Å². The summed E-state index contributed by atoms with van der Waals surface area (Å²) in [5.74, 6) is 2.06. The van der Waals surface area contributed by atoms with Gasteiger partial charge in [-0.2, -0.15) is 6.07 Å². The van der Waals surface area contributed by atoms with Crippen molar-refractivity contribution in [1.29, 1.82) is 0 Å². The molecule has 0 saturated heterocycles. The molecule has 5 aromatic carbocycles. The van der Waals surface area contributed by atoms with Crippen LogP contribution in [0.3, 0.4) is 0 Å². The van der Waals surface area contributed by atoms with Gasteiger partial charge in [0.25, 0.3) is 0 Å². The van der Waals surface area contributed by atoms with Crippen LogP contribution in [0.15, 0.2) is 122 Å². The third-order valence-corrected chi connectivity index (χ3v) is 9.62. The molecule has 0 unspecified atom stereocenters. The third-order valence-electron chi connectivity index (χ3n) is 8.49. The topological polar surface area (TPSA) is 44.3 Å². The van der Waals surface area contributed by atoms with Crippen LogP contribution in [-0.4, -0.2) is 18.9 Å². The Hall–Kier alpha value is -5.03. The van der Waals surface area contributed by atoms with Crippen LogP contribution >= 0.6 is 11.3 Å². The number of fused-ring (bicyclic) bond motifs is 13. The monoisotopic (exact) mass is 775 g/mol. The van der Waals surface area contributed by atoms with Crippen molar-refractivity contribution in [2.45, 2.75) is 0 Å². The Morgan fingerprint density at radius 3 is 2.29 bits per heavy atom. The van der Waals surface area contributed by atoms with Crippen molar-refractivity contribution in [3.63, 3.8) is 0 Å². The van der Waals surface area contributed by atoms with E-state index in [1.807, 2.05) is 66.3 Å². The third kappa shape index (κ3) is 3.83. The number of hydrogen-bond donors (Lipinski definition) is 0. The molecule has 0 fully saturated rings. The summed E-state index contributed by atoms with van der Waals surface area (Å²) in [6.07, 6.45) is 5.72. The van der Waals surface area contributed by atoms with E-state index in [-0.39, 0.29) is 21.1 Å². The number of hydrogen-bond acceptors (Lipinski definition) is 4. The number of pyridine rings is 2. The van der Waals surface area contributed by atoms with E-state index in [1.54, 1.807) is 0 Å². The number of imidazole rings is 1. The molecular formula is C38H20N4OPtS. The van der Waals surface area contributed by atoms with Gasteiger partial charge in [0.15, 0.2) is 0 Å². The minimum atomic E-state index is 0. The predicted molar refractivity (Wildman–Crippen MR) is 179 cm³/mol. The molecule has 0 aliphatic rings. The van der Waals surface area contributed by atoms with Gasteiger partial charge in [0.05, 0.1) is 5.65 Å². The van der Waals surface area contributed by atoms with E-state index >= 15 is 0 Å². The molecule has 0 N–H and O–H groups in total. The molecule has 5 heterocycles. The summed E-state index contributed by atoms with van der Waals surface area (Å²) >= 11 is 1.83. The van der Waals surface area contributed by atoms with Crippen molar-refractivity contribution in [3.8, 4) is 17.3 Å². The van der Waals surface area contributed by atoms with Crippen LogP contribution in [-0.2, 0) is 21.1 Å². The van der Waals surface area contributed by atoms with E-state index < -0.39 is 0 Å². The molecular weight excluding hydrogens is 756 g/mol. The molecule has 0 atom stereocenters. The second kappa shape index (κ2) is 10.00. The minimum absolute atomic E-state index is 0. The van der Waals surface area contributed by atoms with E-state index in [2.05, 4.69) is 92.8 Å². The van der Waals surface area contributed by atoms with E-state index in [1.165, 1.54) is 25.7 Å². The van der Waals surface area contributed by atoms with Crippen molar-refractivity contribution in [2.24, 2.45) is 0 Å². The van der Waals surface area contributed by atoms with Crippen LogP contribution in [0, 0.1) is 12.1 Å². The van der Waals surface area contributed by atoms with Gasteiger partial charge in [-0.15, -0.1) is 41.0 Å². The number of ether oxygens (including phenoxy) is 1. The van der Waals surface area contributed by atoms with Crippen LogP contribution in [0.25, 0.3) is 75.1 Å². The molecule has 45 heavy (non-hydrogen) atoms. The Balaban J connectivity index is 0.00000281. The summed E-state index contributed by atoms with van der Waals surface area (Å²) in [4.78, 5) is 9.43. The Labute approximate surface area is 275 Å². The van der Waals surface area contributed by atoms with E-state index in [9.17, 15) is 0 Å². The first-order chi connectivity index (χ1) is 21.8. The van der Waals surface area contributed by atoms with Crippen LogP contribution in [0.2, 0.25) is 0 Å². The molecule has 5 nitrogen and oxygen atoms in total. The molecule has 0 aliphatic carbocycles. The number of para-hydroxylation sites is 1. The first-order valence-corrected chi connectivity index (χ1v) is 15.2. The number of thiophene rings is 1. The van der Waals surface area contributed by atoms with Crippen LogP contribution in [0.4, 0.5) is 0 Å². The molecule has 0 bridgehead atoms. The predicted octanol–water partition coefficient (Wildman–Crippen LogP) is 9.89. The minimum Gasteiger partial charge on any atom is -0.503 e. The quantitative estimate of drug-likeness (QED) is 0.133. The molecule has 10 rings (SSSR count).